The fourth-order valence-corrected chi connectivity index (χ4v) is 3.69. The topological polar surface area (TPSA) is 40.5 Å². The average molecular weight is 442 g/mol. The third-order valence-corrected chi connectivity index (χ3v) is 5.38. The minimum atomic E-state index is -0.252. The predicted molar refractivity (Wildman–Crippen MR) is 130 cm³/mol. The lowest BCUT2D eigenvalue weighted by Gasteiger charge is -2.06. The van der Waals surface area contributed by atoms with Crippen LogP contribution in [0, 0.1) is 5.82 Å². The SMILES string of the molecule is COc1ccc(OC)c(/C=C/C(=O)/C=C/c2cn(Cc3ccc(F)cc3)c3ccccc23)c1. The first-order valence-electron chi connectivity index (χ1n) is 10.5. The highest BCUT2D eigenvalue weighted by atomic mass is 19.1. The fourth-order valence-electron chi connectivity index (χ4n) is 3.69. The number of benzene rings is 3. The molecule has 0 aliphatic rings. The van der Waals surface area contributed by atoms with Gasteiger partial charge in [-0.3, -0.25) is 4.79 Å². The van der Waals surface area contributed by atoms with Crippen LogP contribution >= 0.6 is 0 Å². The largest absolute Gasteiger partial charge is 0.497 e. The first-order chi connectivity index (χ1) is 16.1. The van der Waals surface area contributed by atoms with Crippen LogP contribution in [-0.2, 0) is 11.3 Å². The van der Waals surface area contributed by atoms with Crippen molar-refractivity contribution >= 4 is 28.8 Å². The molecule has 5 heteroatoms. The lowest BCUT2D eigenvalue weighted by atomic mass is 10.1. The maximum atomic E-state index is 13.2. The van der Waals surface area contributed by atoms with Gasteiger partial charge in [0, 0.05) is 34.8 Å². The Morgan fingerprint density at radius 3 is 2.36 bits per heavy atom. The number of ether oxygens (including phenoxy) is 2. The Bertz CT molecular complexity index is 1330. The summed E-state index contributed by atoms with van der Waals surface area (Å²) in [7, 11) is 3.18. The standard InChI is InChI=1S/C28H24FNO3/c1-32-25-15-16-28(33-2)21(17-25)9-13-24(31)14-10-22-19-30(27-6-4-3-5-26(22)27)18-20-7-11-23(29)12-8-20/h3-17,19H,18H2,1-2H3/b13-9+,14-10+. The van der Waals surface area contributed by atoms with E-state index in [1.165, 1.54) is 18.2 Å². The third-order valence-electron chi connectivity index (χ3n) is 5.38. The van der Waals surface area contributed by atoms with Crippen LogP contribution in [0.2, 0.25) is 0 Å². The minimum Gasteiger partial charge on any atom is -0.497 e. The van der Waals surface area contributed by atoms with Crippen molar-refractivity contribution in [2.45, 2.75) is 6.54 Å². The molecule has 0 N–H and O–H groups in total. The number of rotatable bonds is 8. The van der Waals surface area contributed by atoms with E-state index in [0.29, 0.717) is 18.0 Å². The Balaban J connectivity index is 1.56. The van der Waals surface area contributed by atoms with Gasteiger partial charge in [0.2, 0.25) is 0 Å². The highest BCUT2D eigenvalue weighted by molar-refractivity contribution is 6.05. The molecule has 166 valence electrons. The van der Waals surface area contributed by atoms with Crippen LogP contribution in [0.1, 0.15) is 16.7 Å². The summed E-state index contributed by atoms with van der Waals surface area (Å²) in [4.78, 5) is 12.5. The number of ketones is 1. The van der Waals surface area contributed by atoms with Gasteiger partial charge in [-0.1, -0.05) is 30.3 Å². The van der Waals surface area contributed by atoms with Gasteiger partial charge in [0.25, 0.3) is 0 Å². The molecule has 0 saturated heterocycles. The summed E-state index contributed by atoms with van der Waals surface area (Å²) in [6.07, 6.45) is 8.59. The van der Waals surface area contributed by atoms with Crippen molar-refractivity contribution in [1.29, 1.82) is 0 Å². The number of para-hydroxylation sites is 1. The maximum absolute atomic E-state index is 13.2. The lowest BCUT2D eigenvalue weighted by Crippen LogP contribution is -1.97. The Kier molecular flexibility index (Phi) is 6.69. The second-order valence-electron chi connectivity index (χ2n) is 7.53. The van der Waals surface area contributed by atoms with Gasteiger partial charge in [-0.2, -0.15) is 0 Å². The molecule has 0 amide bonds. The molecule has 0 aliphatic carbocycles. The van der Waals surface area contributed by atoms with E-state index in [2.05, 4.69) is 4.57 Å². The van der Waals surface area contributed by atoms with Crippen LogP contribution in [0.4, 0.5) is 4.39 Å². The van der Waals surface area contributed by atoms with E-state index in [1.807, 2.05) is 42.6 Å². The first kappa shape index (κ1) is 22.1. The molecule has 1 aromatic heterocycles. The number of nitrogens with zero attached hydrogens (tertiary/aromatic N) is 1. The highest BCUT2D eigenvalue weighted by Crippen LogP contribution is 2.26. The molecule has 0 bridgehead atoms. The third kappa shape index (κ3) is 5.21. The fraction of sp³-hybridized carbons (Fsp3) is 0.107. The van der Waals surface area contributed by atoms with Crippen molar-refractivity contribution in [2.75, 3.05) is 14.2 Å². The lowest BCUT2D eigenvalue weighted by molar-refractivity contribution is -0.110. The van der Waals surface area contributed by atoms with Crippen LogP contribution in [-0.4, -0.2) is 24.6 Å². The summed E-state index contributed by atoms with van der Waals surface area (Å²) in [5.74, 6) is 0.952. The van der Waals surface area contributed by atoms with Gasteiger partial charge in [0.15, 0.2) is 5.78 Å². The molecule has 3 aromatic carbocycles. The van der Waals surface area contributed by atoms with Gasteiger partial charge in [0.1, 0.15) is 17.3 Å². The molecule has 1 heterocycles. The second-order valence-corrected chi connectivity index (χ2v) is 7.53. The number of methoxy groups -OCH3 is 2. The molecular formula is C28H24FNO3. The van der Waals surface area contributed by atoms with Crippen molar-refractivity contribution in [3.05, 3.63) is 108 Å². The molecular weight excluding hydrogens is 417 g/mol. The van der Waals surface area contributed by atoms with E-state index in [9.17, 15) is 9.18 Å². The summed E-state index contributed by atoms with van der Waals surface area (Å²) in [5, 5.41) is 1.04. The van der Waals surface area contributed by atoms with Gasteiger partial charge < -0.3 is 14.0 Å². The Labute approximate surface area is 192 Å². The van der Waals surface area contributed by atoms with E-state index in [4.69, 9.17) is 9.47 Å². The highest BCUT2D eigenvalue weighted by Gasteiger charge is 2.07. The molecule has 0 saturated carbocycles. The number of fused-ring (bicyclic) bond motifs is 1. The summed E-state index contributed by atoms with van der Waals surface area (Å²) < 4.78 is 25.9. The molecule has 4 aromatic rings. The van der Waals surface area contributed by atoms with Crippen LogP contribution < -0.4 is 9.47 Å². The second kappa shape index (κ2) is 10.0. The van der Waals surface area contributed by atoms with E-state index in [0.717, 1.165) is 27.6 Å². The molecule has 0 fully saturated rings. The molecule has 4 nitrogen and oxygen atoms in total. The number of carbonyl (C=O) groups is 1. The predicted octanol–water partition coefficient (Wildman–Crippen LogP) is 6.14. The van der Waals surface area contributed by atoms with E-state index in [-0.39, 0.29) is 11.6 Å². The van der Waals surface area contributed by atoms with Crippen LogP contribution in [0.5, 0.6) is 11.5 Å². The average Bonchev–Trinajstić information content (AvgIpc) is 3.20. The molecule has 4 rings (SSSR count). The molecule has 0 aliphatic heterocycles. The van der Waals surface area contributed by atoms with Crippen molar-refractivity contribution < 1.29 is 18.7 Å². The monoisotopic (exact) mass is 441 g/mol. The summed E-state index contributed by atoms with van der Waals surface area (Å²) in [6, 6.07) is 19.9. The zero-order valence-corrected chi connectivity index (χ0v) is 18.5. The zero-order valence-electron chi connectivity index (χ0n) is 18.5. The number of aromatic nitrogens is 1. The molecule has 0 unspecified atom stereocenters. The Hall–Kier alpha value is -4.12. The van der Waals surface area contributed by atoms with Crippen molar-refractivity contribution in [2.24, 2.45) is 0 Å². The molecule has 33 heavy (non-hydrogen) atoms. The maximum Gasteiger partial charge on any atom is 0.178 e. The molecule has 0 atom stereocenters. The number of hydrogen-bond acceptors (Lipinski definition) is 3. The van der Waals surface area contributed by atoms with Gasteiger partial charge in [-0.25, -0.2) is 4.39 Å². The number of halogens is 1. The van der Waals surface area contributed by atoms with Gasteiger partial charge in [0.05, 0.1) is 14.2 Å². The normalized spacial score (nSPS) is 11.5. The van der Waals surface area contributed by atoms with Crippen LogP contribution in [0.25, 0.3) is 23.1 Å². The zero-order chi connectivity index (χ0) is 23.2. The van der Waals surface area contributed by atoms with Crippen molar-refractivity contribution in [3.8, 4) is 11.5 Å². The van der Waals surface area contributed by atoms with Gasteiger partial charge >= 0.3 is 0 Å². The Morgan fingerprint density at radius 2 is 1.64 bits per heavy atom. The number of carbonyl (C=O) groups excluding carboxylic acids is 1. The minimum absolute atomic E-state index is 0.143. The quantitative estimate of drug-likeness (QED) is 0.308. The van der Waals surface area contributed by atoms with Crippen molar-refractivity contribution in [3.63, 3.8) is 0 Å². The van der Waals surface area contributed by atoms with E-state index < -0.39 is 0 Å². The van der Waals surface area contributed by atoms with E-state index in [1.54, 1.807) is 50.6 Å². The number of allylic oxidation sites excluding steroid dienone is 2. The van der Waals surface area contributed by atoms with Crippen LogP contribution in [0.15, 0.2) is 85.1 Å². The van der Waals surface area contributed by atoms with E-state index >= 15 is 0 Å². The number of hydrogen-bond donors (Lipinski definition) is 0. The summed E-state index contributed by atoms with van der Waals surface area (Å²) >= 11 is 0. The summed E-state index contributed by atoms with van der Waals surface area (Å²) in [6.45, 7) is 0.609. The molecule has 0 spiro atoms. The van der Waals surface area contributed by atoms with Crippen LogP contribution in [0.3, 0.4) is 0 Å². The summed E-state index contributed by atoms with van der Waals surface area (Å²) in [5.41, 5.74) is 3.74. The smallest absolute Gasteiger partial charge is 0.178 e. The first-order valence-corrected chi connectivity index (χ1v) is 10.5. The van der Waals surface area contributed by atoms with Crippen molar-refractivity contribution in [1.82, 2.24) is 4.57 Å². The van der Waals surface area contributed by atoms with Gasteiger partial charge in [-0.05, 0) is 66.3 Å². The Morgan fingerprint density at radius 1 is 0.909 bits per heavy atom. The van der Waals surface area contributed by atoms with Gasteiger partial charge in [-0.15, -0.1) is 0 Å². The molecule has 0 radical (unpaired) electrons.